The fourth-order valence-corrected chi connectivity index (χ4v) is 4.46. The third-order valence-electron chi connectivity index (χ3n) is 6.07. The molecule has 122 valence electrons. The van der Waals surface area contributed by atoms with Crippen molar-refractivity contribution in [1.29, 1.82) is 0 Å². The normalized spacial score (nSPS) is 34.0. The fourth-order valence-electron chi connectivity index (χ4n) is 4.46. The number of nitrogens with two attached hydrogens (primary N) is 1. The Kier molecular flexibility index (Phi) is 5.34. The molecule has 3 heteroatoms. The van der Waals surface area contributed by atoms with E-state index in [-0.39, 0.29) is 5.92 Å². The van der Waals surface area contributed by atoms with Crippen LogP contribution in [0.15, 0.2) is 0 Å². The van der Waals surface area contributed by atoms with E-state index in [1.165, 1.54) is 25.7 Å². The van der Waals surface area contributed by atoms with Crippen LogP contribution in [0.25, 0.3) is 0 Å². The van der Waals surface area contributed by atoms with Gasteiger partial charge >= 0.3 is 0 Å². The van der Waals surface area contributed by atoms with Gasteiger partial charge in [0, 0.05) is 19.0 Å². The topological polar surface area (TPSA) is 46.3 Å². The van der Waals surface area contributed by atoms with Crippen LogP contribution < -0.4 is 5.73 Å². The maximum atomic E-state index is 12.8. The summed E-state index contributed by atoms with van der Waals surface area (Å²) < 4.78 is 0. The molecule has 0 aliphatic heterocycles. The molecule has 2 atom stereocenters. The second kappa shape index (κ2) is 6.68. The molecule has 2 aliphatic carbocycles. The first-order valence-electron chi connectivity index (χ1n) is 8.81. The van der Waals surface area contributed by atoms with Crippen LogP contribution >= 0.6 is 0 Å². The molecule has 2 fully saturated rings. The van der Waals surface area contributed by atoms with Crippen molar-refractivity contribution in [2.75, 3.05) is 13.6 Å². The standard InChI is InChI=1S/C18H34N2O/c1-18(2,3)15-10-8-13(9-11-15)17(21)20(4)16-7-5-6-14(16)12-19/h13-16H,5-12,19H2,1-4H3. The highest BCUT2D eigenvalue weighted by Gasteiger charge is 2.37. The zero-order valence-electron chi connectivity index (χ0n) is 14.4. The minimum atomic E-state index is 0.257. The van der Waals surface area contributed by atoms with E-state index < -0.39 is 0 Å². The molecule has 2 rings (SSSR count). The molecule has 2 saturated carbocycles. The van der Waals surface area contributed by atoms with Gasteiger partial charge in [-0.15, -0.1) is 0 Å². The van der Waals surface area contributed by atoms with Gasteiger partial charge in [0.15, 0.2) is 0 Å². The van der Waals surface area contributed by atoms with Crippen molar-refractivity contribution in [2.24, 2.45) is 28.9 Å². The first-order valence-corrected chi connectivity index (χ1v) is 8.81. The molecule has 2 N–H and O–H groups in total. The van der Waals surface area contributed by atoms with Gasteiger partial charge in [-0.1, -0.05) is 27.2 Å². The number of rotatable bonds is 3. The molecule has 0 aromatic carbocycles. The molecular formula is C18H34N2O. The largest absolute Gasteiger partial charge is 0.342 e. The number of hydrogen-bond donors (Lipinski definition) is 1. The number of amides is 1. The van der Waals surface area contributed by atoms with Crippen LogP contribution in [-0.4, -0.2) is 30.4 Å². The van der Waals surface area contributed by atoms with Gasteiger partial charge in [0.25, 0.3) is 0 Å². The molecule has 3 nitrogen and oxygen atoms in total. The fraction of sp³-hybridized carbons (Fsp3) is 0.944. The van der Waals surface area contributed by atoms with E-state index in [1.807, 2.05) is 11.9 Å². The monoisotopic (exact) mass is 294 g/mol. The Bertz CT molecular complexity index is 353. The van der Waals surface area contributed by atoms with Crippen LogP contribution in [0.4, 0.5) is 0 Å². The quantitative estimate of drug-likeness (QED) is 0.867. The van der Waals surface area contributed by atoms with Crippen molar-refractivity contribution in [3.05, 3.63) is 0 Å². The van der Waals surface area contributed by atoms with Crippen molar-refractivity contribution in [2.45, 2.75) is 71.8 Å². The molecule has 0 radical (unpaired) electrons. The third kappa shape index (κ3) is 3.80. The second-order valence-corrected chi connectivity index (χ2v) is 8.36. The maximum Gasteiger partial charge on any atom is 0.225 e. The van der Waals surface area contributed by atoms with Gasteiger partial charge in [0.1, 0.15) is 0 Å². The van der Waals surface area contributed by atoms with Gasteiger partial charge in [0.05, 0.1) is 0 Å². The average Bonchev–Trinajstić information content (AvgIpc) is 2.93. The highest BCUT2D eigenvalue weighted by molar-refractivity contribution is 5.79. The molecule has 2 aliphatic rings. The lowest BCUT2D eigenvalue weighted by atomic mass is 9.69. The van der Waals surface area contributed by atoms with Crippen LogP contribution in [-0.2, 0) is 4.79 Å². The smallest absolute Gasteiger partial charge is 0.225 e. The lowest BCUT2D eigenvalue weighted by molar-refractivity contribution is -0.138. The second-order valence-electron chi connectivity index (χ2n) is 8.36. The summed E-state index contributed by atoms with van der Waals surface area (Å²) in [7, 11) is 2.01. The minimum Gasteiger partial charge on any atom is -0.342 e. The van der Waals surface area contributed by atoms with Crippen LogP contribution in [0.1, 0.15) is 65.7 Å². The van der Waals surface area contributed by atoms with Gasteiger partial charge in [-0.05, 0) is 62.3 Å². The van der Waals surface area contributed by atoms with Crippen molar-refractivity contribution in [1.82, 2.24) is 4.90 Å². The predicted molar refractivity (Wildman–Crippen MR) is 87.9 cm³/mol. The van der Waals surface area contributed by atoms with Gasteiger partial charge in [0.2, 0.25) is 5.91 Å². The Morgan fingerprint density at radius 3 is 2.24 bits per heavy atom. The molecule has 2 unspecified atom stereocenters. The van der Waals surface area contributed by atoms with E-state index in [2.05, 4.69) is 20.8 Å². The molecule has 0 spiro atoms. The summed E-state index contributed by atoms with van der Waals surface area (Å²) in [5, 5.41) is 0. The van der Waals surface area contributed by atoms with Crippen molar-refractivity contribution >= 4 is 5.91 Å². The van der Waals surface area contributed by atoms with Crippen LogP contribution in [0.5, 0.6) is 0 Å². The van der Waals surface area contributed by atoms with Crippen molar-refractivity contribution in [3.8, 4) is 0 Å². The Labute approximate surface area is 130 Å². The first-order chi connectivity index (χ1) is 9.84. The van der Waals surface area contributed by atoms with Gasteiger partial charge in [-0.25, -0.2) is 0 Å². The Hall–Kier alpha value is -0.570. The summed E-state index contributed by atoms with van der Waals surface area (Å²) in [5.74, 6) is 1.93. The molecule has 21 heavy (non-hydrogen) atoms. The summed E-state index contributed by atoms with van der Waals surface area (Å²) in [5.41, 5.74) is 6.25. The summed E-state index contributed by atoms with van der Waals surface area (Å²) in [6.07, 6.45) is 8.12. The van der Waals surface area contributed by atoms with Gasteiger partial charge < -0.3 is 10.6 Å². The number of carbonyl (C=O) groups excluding carboxylic acids is 1. The van der Waals surface area contributed by atoms with Gasteiger partial charge in [-0.2, -0.15) is 0 Å². The van der Waals surface area contributed by atoms with Gasteiger partial charge in [-0.3, -0.25) is 4.79 Å². The number of carbonyl (C=O) groups is 1. The molecule has 0 bridgehead atoms. The lowest BCUT2D eigenvalue weighted by Crippen LogP contribution is -2.45. The predicted octanol–water partition coefficient (Wildman–Crippen LogP) is 3.42. The van der Waals surface area contributed by atoms with Crippen LogP contribution in [0.3, 0.4) is 0 Å². The average molecular weight is 294 g/mol. The Balaban J connectivity index is 1.89. The number of nitrogens with zero attached hydrogens (tertiary/aromatic N) is 1. The zero-order chi connectivity index (χ0) is 15.6. The molecule has 0 heterocycles. The molecule has 1 amide bonds. The molecule has 0 aromatic rings. The molecular weight excluding hydrogens is 260 g/mol. The summed E-state index contributed by atoms with van der Waals surface area (Å²) in [6.45, 7) is 7.71. The SMILES string of the molecule is CN(C(=O)C1CCC(C(C)(C)C)CC1)C1CCCC1CN. The zero-order valence-corrected chi connectivity index (χ0v) is 14.4. The molecule has 0 aromatic heterocycles. The lowest BCUT2D eigenvalue weighted by Gasteiger charge is -2.39. The highest BCUT2D eigenvalue weighted by Crippen LogP contribution is 2.40. The first kappa shape index (κ1) is 16.8. The maximum absolute atomic E-state index is 12.8. The van der Waals surface area contributed by atoms with E-state index in [1.54, 1.807) is 0 Å². The van der Waals surface area contributed by atoms with E-state index in [0.29, 0.717) is 23.3 Å². The Morgan fingerprint density at radius 2 is 1.71 bits per heavy atom. The van der Waals surface area contributed by atoms with E-state index >= 15 is 0 Å². The van der Waals surface area contributed by atoms with Crippen molar-refractivity contribution in [3.63, 3.8) is 0 Å². The number of hydrogen-bond acceptors (Lipinski definition) is 2. The Morgan fingerprint density at radius 1 is 1.10 bits per heavy atom. The van der Waals surface area contributed by atoms with Crippen molar-refractivity contribution < 1.29 is 4.79 Å². The highest BCUT2D eigenvalue weighted by atomic mass is 16.2. The summed E-state index contributed by atoms with van der Waals surface area (Å²) in [4.78, 5) is 14.8. The van der Waals surface area contributed by atoms with E-state index in [0.717, 1.165) is 31.7 Å². The summed E-state index contributed by atoms with van der Waals surface area (Å²) >= 11 is 0. The van der Waals surface area contributed by atoms with E-state index in [4.69, 9.17) is 5.73 Å². The van der Waals surface area contributed by atoms with E-state index in [9.17, 15) is 4.79 Å². The molecule has 0 saturated heterocycles. The third-order valence-corrected chi connectivity index (χ3v) is 6.07. The minimum absolute atomic E-state index is 0.257. The van der Waals surface area contributed by atoms with Crippen LogP contribution in [0.2, 0.25) is 0 Å². The summed E-state index contributed by atoms with van der Waals surface area (Å²) in [6, 6.07) is 0.392. The van der Waals surface area contributed by atoms with Crippen LogP contribution in [0, 0.1) is 23.2 Å².